The number of halogens is 2. The zero-order chi connectivity index (χ0) is 25.9. The first kappa shape index (κ1) is 26.5. The van der Waals surface area contributed by atoms with Crippen molar-refractivity contribution in [3.63, 3.8) is 0 Å². The van der Waals surface area contributed by atoms with Crippen LogP contribution in [0.15, 0.2) is 85.3 Å². The predicted octanol–water partition coefficient (Wildman–Crippen LogP) is 5.99. The summed E-state index contributed by atoms with van der Waals surface area (Å²) in [4.78, 5) is 31.5. The van der Waals surface area contributed by atoms with E-state index < -0.39 is 0 Å². The van der Waals surface area contributed by atoms with Crippen molar-refractivity contribution in [1.29, 1.82) is 0 Å². The SMILES string of the molecule is COc1ccc(NC(=O)c2ccc(Cl)nc2)cc1.COc1ccc(NC(=O)c2cnccc2Cl)cc1. The van der Waals surface area contributed by atoms with E-state index in [0.717, 1.165) is 11.5 Å². The van der Waals surface area contributed by atoms with Crippen LogP contribution in [0.4, 0.5) is 11.4 Å². The number of nitrogens with one attached hydrogen (secondary N) is 2. The average Bonchev–Trinajstić information content (AvgIpc) is 2.90. The molecule has 2 amide bonds. The molecule has 2 aromatic heterocycles. The van der Waals surface area contributed by atoms with E-state index in [9.17, 15) is 9.59 Å². The highest BCUT2D eigenvalue weighted by Crippen LogP contribution is 2.19. The average molecular weight is 525 g/mol. The number of benzene rings is 2. The standard InChI is InChI=1S/2C13H11ClN2O2/c1-18-11-5-3-10(4-6-11)16-13(17)9-2-7-12(14)15-8-9;1-18-10-4-2-9(3-5-10)16-13(17)11-8-15-7-6-12(11)14/h2*2-8H,1H3,(H,16,17). The van der Waals surface area contributed by atoms with Crippen molar-refractivity contribution < 1.29 is 19.1 Å². The molecule has 2 N–H and O–H groups in total. The van der Waals surface area contributed by atoms with Gasteiger partial charge in [0.1, 0.15) is 16.7 Å². The van der Waals surface area contributed by atoms with Crippen LogP contribution in [0.5, 0.6) is 11.5 Å². The number of carbonyl (C=O) groups excluding carboxylic acids is 2. The first-order valence-electron chi connectivity index (χ1n) is 10.5. The molecule has 10 heteroatoms. The minimum absolute atomic E-state index is 0.232. The van der Waals surface area contributed by atoms with Gasteiger partial charge in [0, 0.05) is 30.0 Å². The van der Waals surface area contributed by atoms with Crippen molar-refractivity contribution in [3.05, 3.63) is 107 Å². The topological polar surface area (TPSA) is 102 Å². The summed E-state index contributed by atoms with van der Waals surface area (Å²) in [5, 5.41) is 6.21. The summed E-state index contributed by atoms with van der Waals surface area (Å²) in [6, 6.07) is 18.9. The Morgan fingerprint density at radius 2 is 1.28 bits per heavy atom. The van der Waals surface area contributed by atoms with Gasteiger partial charge in [-0.05, 0) is 66.7 Å². The third-order valence-corrected chi connectivity index (χ3v) is 5.25. The van der Waals surface area contributed by atoms with Crippen molar-refractivity contribution in [2.45, 2.75) is 0 Å². The largest absolute Gasteiger partial charge is 0.497 e. The number of anilines is 2. The molecule has 4 rings (SSSR count). The van der Waals surface area contributed by atoms with Gasteiger partial charge in [-0.15, -0.1) is 0 Å². The number of ether oxygens (including phenoxy) is 2. The molecule has 0 saturated heterocycles. The summed E-state index contributed by atoms with van der Waals surface area (Å²) in [6.45, 7) is 0. The van der Waals surface area contributed by atoms with Gasteiger partial charge in [-0.3, -0.25) is 14.6 Å². The van der Waals surface area contributed by atoms with Crippen LogP contribution in [0.25, 0.3) is 0 Å². The van der Waals surface area contributed by atoms with Gasteiger partial charge in [0.05, 0.1) is 30.4 Å². The van der Waals surface area contributed by atoms with Gasteiger partial charge in [0.25, 0.3) is 11.8 Å². The molecule has 4 aromatic rings. The maximum Gasteiger partial charge on any atom is 0.258 e. The summed E-state index contributed by atoms with van der Waals surface area (Å²) in [6.07, 6.45) is 4.40. The Hall–Kier alpha value is -4.14. The number of methoxy groups -OCH3 is 2. The molecule has 0 radical (unpaired) electrons. The van der Waals surface area contributed by atoms with Gasteiger partial charge >= 0.3 is 0 Å². The highest BCUT2D eigenvalue weighted by molar-refractivity contribution is 6.34. The van der Waals surface area contributed by atoms with E-state index in [1.165, 1.54) is 18.6 Å². The molecule has 0 bridgehead atoms. The van der Waals surface area contributed by atoms with Crippen LogP contribution < -0.4 is 20.1 Å². The van der Waals surface area contributed by atoms with Gasteiger partial charge in [0.15, 0.2) is 0 Å². The molecule has 36 heavy (non-hydrogen) atoms. The van der Waals surface area contributed by atoms with Crippen LogP contribution in [0, 0.1) is 0 Å². The maximum absolute atomic E-state index is 11.9. The second-order valence-electron chi connectivity index (χ2n) is 7.09. The molecular formula is C26H22Cl2N4O4. The lowest BCUT2D eigenvalue weighted by Crippen LogP contribution is -2.12. The molecule has 184 valence electrons. The highest BCUT2D eigenvalue weighted by Gasteiger charge is 2.10. The molecule has 2 aromatic carbocycles. The van der Waals surface area contributed by atoms with E-state index in [1.54, 1.807) is 80.9 Å². The number of rotatable bonds is 6. The van der Waals surface area contributed by atoms with Gasteiger partial charge in [-0.1, -0.05) is 23.2 Å². The van der Waals surface area contributed by atoms with Crippen LogP contribution in [-0.4, -0.2) is 36.0 Å². The van der Waals surface area contributed by atoms with Crippen molar-refractivity contribution >= 4 is 46.4 Å². The number of pyridine rings is 2. The Morgan fingerprint density at radius 1 is 0.722 bits per heavy atom. The predicted molar refractivity (Wildman–Crippen MR) is 140 cm³/mol. The number of aromatic nitrogens is 2. The maximum atomic E-state index is 11.9. The molecule has 0 aliphatic heterocycles. The van der Waals surface area contributed by atoms with Crippen LogP contribution in [0.3, 0.4) is 0 Å². The Bertz CT molecular complexity index is 1300. The minimum Gasteiger partial charge on any atom is -0.497 e. The molecule has 0 aliphatic rings. The Balaban J connectivity index is 0.000000201. The van der Waals surface area contributed by atoms with Crippen LogP contribution in [0.1, 0.15) is 20.7 Å². The Morgan fingerprint density at radius 3 is 1.75 bits per heavy atom. The molecule has 0 fully saturated rings. The fourth-order valence-electron chi connectivity index (χ4n) is 2.81. The summed E-state index contributed by atoms with van der Waals surface area (Å²) in [7, 11) is 3.18. The number of carbonyl (C=O) groups is 2. The summed E-state index contributed by atoms with van der Waals surface area (Å²) < 4.78 is 10.1. The smallest absolute Gasteiger partial charge is 0.258 e. The lowest BCUT2D eigenvalue weighted by atomic mass is 10.2. The van der Waals surface area contributed by atoms with Crippen LogP contribution >= 0.6 is 23.2 Å². The number of hydrogen-bond donors (Lipinski definition) is 2. The van der Waals surface area contributed by atoms with Crippen molar-refractivity contribution in [2.24, 2.45) is 0 Å². The molecule has 0 saturated carbocycles. The quantitative estimate of drug-likeness (QED) is 0.300. The molecule has 0 unspecified atom stereocenters. The van der Waals surface area contributed by atoms with Crippen molar-refractivity contribution in [2.75, 3.05) is 24.9 Å². The molecule has 8 nitrogen and oxygen atoms in total. The van der Waals surface area contributed by atoms with Gasteiger partial charge in [0.2, 0.25) is 0 Å². The van der Waals surface area contributed by atoms with Crippen LogP contribution in [0.2, 0.25) is 10.2 Å². The zero-order valence-electron chi connectivity index (χ0n) is 19.4. The van der Waals surface area contributed by atoms with Gasteiger partial charge in [-0.25, -0.2) is 4.98 Å². The molecule has 0 aliphatic carbocycles. The van der Waals surface area contributed by atoms with Crippen LogP contribution in [-0.2, 0) is 0 Å². The van der Waals surface area contributed by atoms with E-state index in [4.69, 9.17) is 32.7 Å². The Kier molecular flexibility index (Phi) is 9.62. The molecule has 2 heterocycles. The lowest BCUT2D eigenvalue weighted by molar-refractivity contribution is 0.101. The summed E-state index contributed by atoms with van der Waals surface area (Å²) in [5.41, 5.74) is 2.15. The molecule has 0 atom stereocenters. The monoisotopic (exact) mass is 524 g/mol. The highest BCUT2D eigenvalue weighted by atomic mass is 35.5. The normalized spacial score (nSPS) is 9.89. The fourth-order valence-corrected chi connectivity index (χ4v) is 3.11. The van der Waals surface area contributed by atoms with E-state index >= 15 is 0 Å². The number of hydrogen-bond acceptors (Lipinski definition) is 6. The second kappa shape index (κ2) is 13.1. The summed E-state index contributed by atoms with van der Waals surface area (Å²) in [5.74, 6) is 0.941. The van der Waals surface area contributed by atoms with Crippen molar-refractivity contribution in [3.8, 4) is 11.5 Å². The molecule has 0 spiro atoms. The fraction of sp³-hybridized carbons (Fsp3) is 0.0769. The minimum atomic E-state index is -0.293. The first-order chi connectivity index (χ1) is 17.4. The molecular weight excluding hydrogens is 503 g/mol. The Labute approximate surface area is 218 Å². The lowest BCUT2D eigenvalue weighted by Gasteiger charge is -2.07. The van der Waals surface area contributed by atoms with E-state index in [1.807, 2.05) is 0 Å². The number of amides is 2. The van der Waals surface area contributed by atoms with Crippen molar-refractivity contribution in [1.82, 2.24) is 9.97 Å². The third-order valence-electron chi connectivity index (χ3n) is 4.70. The van der Waals surface area contributed by atoms with E-state index in [-0.39, 0.29) is 11.8 Å². The van der Waals surface area contributed by atoms with E-state index in [2.05, 4.69) is 20.6 Å². The van der Waals surface area contributed by atoms with Gasteiger partial charge in [-0.2, -0.15) is 0 Å². The third kappa shape index (κ3) is 7.69. The zero-order valence-corrected chi connectivity index (χ0v) is 20.9. The van der Waals surface area contributed by atoms with E-state index in [0.29, 0.717) is 32.7 Å². The second-order valence-corrected chi connectivity index (χ2v) is 7.88. The van der Waals surface area contributed by atoms with Gasteiger partial charge < -0.3 is 20.1 Å². The number of nitrogens with zero attached hydrogens (tertiary/aromatic N) is 2. The first-order valence-corrected chi connectivity index (χ1v) is 11.3. The summed E-state index contributed by atoms with van der Waals surface area (Å²) >= 11 is 11.6.